The summed E-state index contributed by atoms with van der Waals surface area (Å²) in [6, 6.07) is 16.7. The number of H-pyrrole nitrogens is 1. The first-order chi connectivity index (χ1) is 17.6. The summed E-state index contributed by atoms with van der Waals surface area (Å²) in [5, 5.41) is 0.723. The Morgan fingerprint density at radius 1 is 1.00 bits per heavy atom. The van der Waals surface area contributed by atoms with Crippen LogP contribution >= 0.6 is 0 Å². The van der Waals surface area contributed by atoms with Crippen molar-refractivity contribution in [3.63, 3.8) is 0 Å². The molecule has 182 valence electrons. The summed E-state index contributed by atoms with van der Waals surface area (Å²) in [6.45, 7) is -0.334. The Kier molecular flexibility index (Phi) is 6.54. The number of carbonyl (C=O) groups is 2. The highest BCUT2D eigenvalue weighted by Crippen LogP contribution is 2.37. The molecule has 2 aromatic heterocycles. The first-order valence-electron chi connectivity index (χ1n) is 11.8. The van der Waals surface area contributed by atoms with Gasteiger partial charge < -0.3 is 19.2 Å². The van der Waals surface area contributed by atoms with Gasteiger partial charge in [0.25, 0.3) is 0 Å². The maximum absolute atomic E-state index is 13.4. The number of aromatic amines is 1. The monoisotopic (exact) mass is 482 g/mol. The van der Waals surface area contributed by atoms with E-state index in [2.05, 4.69) is 11.1 Å². The van der Waals surface area contributed by atoms with Gasteiger partial charge in [0.1, 0.15) is 0 Å². The number of pyridine rings is 1. The molecule has 0 aliphatic heterocycles. The molecule has 0 radical (unpaired) electrons. The van der Waals surface area contributed by atoms with Crippen LogP contribution in [-0.2, 0) is 11.2 Å². The molecule has 0 bridgehead atoms. The largest absolute Gasteiger partial charge is 0.493 e. The van der Waals surface area contributed by atoms with Gasteiger partial charge in [0.2, 0.25) is 5.78 Å². The lowest BCUT2D eigenvalue weighted by Gasteiger charge is -2.22. The number of Topliss-reactive ketones (excluding diaryl/α,β-unsaturated/α-hetero) is 1. The van der Waals surface area contributed by atoms with Gasteiger partial charge in [-0.1, -0.05) is 24.3 Å². The van der Waals surface area contributed by atoms with Gasteiger partial charge in [0.05, 0.1) is 36.7 Å². The van der Waals surface area contributed by atoms with E-state index in [1.807, 2.05) is 42.5 Å². The SMILES string of the molecule is COc1ccc(C=C2CCCc3c2nc2ccccc2c3C(=O)OCC(=O)c2ccc[nH]2)cc1OC. The fourth-order valence-electron chi connectivity index (χ4n) is 4.64. The highest BCUT2D eigenvalue weighted by atomic mass is 16.5. The van der Waals surface area contributed by atoms with Crippen molar-refractivity contribution in [1.82, 2.24) is 9.97 Å². The minimum absolute atomic E-state index is 0.283. The normalized spacial score (nSPS) is 13.9. The number of benzene rings is 2. The van der Waals surface area contributed by atoms with Crippen LogP contribution < -0.4 is 9.47 Å². The highest BCUT2D eigenvalue weighted by Gasteiger charge is 2.26. The molecule has 0 amide bonds. The Morgan fingerprint density at radius 3 is 2.61 bits per heavy atom. The van der Waals surface area contributed by atoms with Gasteiger partial charge in [-0.3, -0.25) is 4.79 Å². The van der Waals surface area contributed by atoms with E-state index in [1.165, 1.54) is 0 Å². The van der Waals surface area contributed by atoms with Crippen molar-refractivity contribution < 1.29 is 23.8 Å². The lowest BCUT2D eigenvalue weighted by Crippen LogP contribution is -2.18. The number of rotatable bonds is 7. The molecule has 0 saturated heterocycles. The minimum Gasteiger partial charge on any atom is -0.493 e. The van der Waals surface area contributed by atoms with Crippen LogP contribution in [-0.4, -0.2) is 42.5 Å². The van der Waals surface area contributed by atoms with E-state index in [1.54, 1.807) is 32.5 Å². The Bertz CT molecular complexity index is 1470. The van der Waals surface area contributed by atoms with Gasteiger partial charge in [0, 0.05) is 11.6 Å². The smallest absolute Gasteiger partial charge is 0.339 e. The van der Waals surface area contributed by atoms with Crippen molar-refractivity contribution in [2.24, 2.45) is 0 Å². The second-order valence-corrected chi connectivity index (χ2v) is 8.55. The topological polar surface area (TPSA) is 90.5 Å². The zero-order valence-corrected chi connectivity index (χ0v) is 20.2. The van der Waals surface area contributed by atoms with E-state index in [9.17, 15) is 9.59 Å². The summed E-state index contributed by atoms with van der Waals surface area (Å²) in [5.74, 6) is 0.504. The lowest BCUT2D eigenvalue weighted by molar-refractivity contribution is 0.0474. The molecule has 2 aromatic carbocycles. The van der Waals surface area contributed by atoms with E-state index >= 15 is 0 Å². The predicted molar refractivity (Wildman–Crippen MR) is 138 cm³/mol. The number of methoxy groups -OCH3 is 2. The average molecular weight is 483 g/mol. The van der Waals surface area contributed by atoms with Crippen LogP contribution in [0.25, 0.3) is 22.6 Å². The number of hydrogen-bond donors (Lipinski definition) is 1. The quantitative estimate of drug-likeness (QED) is 0.276. The van der Waals surface area contributed by atoms with Crippen LogP contribution in [0.5, 0.6) is 11.5 Å². The third kappa shape index (κ3) is 4.47. The fourth-order valence-corrected chi connectivity index (χ4v) is 4.64. The minimum atomic E-state index is -0.517. The number of aromatic nitrogens is 2. The van der Waals surface area contributed by atoms with Gasteiger partial charge in [0.15, 0.2) is 18.1 Å². The van der Waals surface area contributed by atoms with E-state index in [4.69, 9.17) is 19.2 Å². The van der Waals surface area contributed by atoms with E-state index in [-0.39, 0.29) is 12.4 Å². The van der Waals surface area contributed by atoms with Crippen molar-refractivity contribution in [3.8, 4) is 11.5 Å². The molecular formula is C29H26N2O5. The van der Waals surface area contributed by atoms with Gasteiger partial charge in [-0.15, -0.1) is 0 Å². The Balaban J connectivity index is 1.55. The van der Waals surface area contributed by atoms with Crippen molar-refractivity contribution in [3.05, 3.63) is 88.9 Å². The van der Waals surface area contributed by atoms with E-state index < -0.39 is 5.97 Å². The first kappa shape index (κ1) is 23.4. The molecule has 0 saturated carbocycles. The zero-order valence-electron chi connectivity index (χ0n) is 20.2. The maximum atomic E-state index is 13.4. The summed E-state index contributed by atoms with van der Waals surface area (Å²) in [5.41, 5.74) is 5.22. The van der Waals surface area contributed by atoms with Gasteiger partial charge in [-0.05, 0) is 72.4 Å². The summed E-state index contributed by atoms with van der Waals surface area (Å²) < 4.78 is 16.3. The number of esters is 1. The molecule has 4 aromatic rings. The number of hydrogen-bond acceptors (Lipinski definition) is 6. The molecule has 1 aliphatic carbocycles. The fraction of sp³-hybridized carbons (Fsp3) is 0.207. The molecule has 36 heavy (non-hydrogen) atoms. The van der Waals surface area contributed by atoms with Crippen LogP contribution in [0.3, 0.4) is 0 Å². The Labute approximate surface area is 208 Å². The van der Waals surface area contributed by atoms with Crippen molar-refractivity contribution >= 4 is 34.3 Å². The molecule has 0 unspecified atom stereocenters. The molecule has 0 fully saturated rings. The van der Waals surface area contributed by atoms with E-state index in [0.29, 0.717) is 34.7 Å². The van der Waals surface area contributed by atoms with Crippen LogP contribution in [0.4, 0.5) is 0 Å². The summed E-state index contributed by atoms with van der Waals surface area (Å²) >= 11 is 0. The van der Waals surface area contributed by atoms with Crippen LogP contribution in [0.1, 0.15) is 50.5 Å². The second-order valence-electron chi connectivity index (χ2n) is 8.55. The molecule has 1 aliphatic rings. The molecular weight excluding hydrogens is 456 g/mol. The third-order valence-electron chi connectivity index (χ3n) is 6.36. The summed E-state index contributed by atoms with van der Waals surface area (Å²) in [7, 11) is 3.21. The molecule has 0 atom stereocenters. The number of carbonyl (C=O) groups excluding carboxylic acids is 2. The Morgan fingerprint density at radius 2 is 1.83 bits per heavy atom. The van der Waals surface area contributed by atoms with Crippen molar-refractivity contribution in [2.75, 3.05) is 20.8 Å². The van der Waals surface area contributed by atoms with Crippen LogP contribution in [0.15, 0.2) is 60.8 Å². The van der Waals surface area contributed by atoms with Crippen LogP contribution in [0, 0.1) is 0 Å². The van der Waals surface area contributed by atoms with Crippen molar-refractivity contribution in [1.29, 1.82) is 0 Å². The van der Waals surface area contributed by atoms with Gasteiger partial charge in [-0.2, -0.15) is 0 Å². The zero-order chi connectivity index (χ0) is 25.1. The molecule has 0 spiro atoms. The predicted octanol–water partition coefficient (Wildman–Crippen LogP) is 5.50. The number of ether oxygens (including phenoxy) is 3. The highest BCUT2D eigenvalue weighted by molar-refractivity contribution is 6.07. The maximum Gasteiger partial charge on any atom is 0.339 e. The molecule has 7 heteroatoms. The summed E-state index contributed by atoms with van der Waals surface area (Å²) in [6.07, 6.45) is 6.13. The summed E-state index contributed by atoms with van der Waals surface area (Å²) in [4.78, 5) is 33.6. The average Bonchev–Trinajstić information content (AvgIpc) is 3.46. The number of nitrogens with zero attached hydrogens (tertiary/aromatic N) is 1. The number of fused-ring (bicyclic) bond motifs is 2. The van der Waals surface area contributed by atoms with Gasteiger partial charge >= 0.3 is 5.97 Å². The van der Waals surface area contributed by atoms with Crippen LogP contribution in [0.2, 0.25) is 0 Å². The number of para-hydroxylation sites is 1. The van der Waals surface area contributed by atoms with Crippen molar-refractivity contribution in [2.45, 2.75) is 19.3 Å². The molecule has 7 nitrogen and oxygen atoms in total. The second kappa shape index (κ2) is 10.1. The molecule has 1 N–H and O–H groups in total. The Hall–Kier alpha value is -4.39. The third-order valence-corrected chi connectivity index (χ3v) is 6.36. The molecule has 2 heterocycles. The lowest BCUT2D eigenvalue weighted by atomic mass is 9.86. The molecule has 5 rings (SSSR count). The number of nitrogens with one attached hydrogen (secondary N) is 1. The number of allylic oxidation sites excluding steroid dienone is 1. The first-order valence-corrected chi connectivity index (χ1v) is 11.8. The van der Waals surface area contributed by atoms with E-state index in [0.717, 1.165) is 40.6 Å². The standard InChI is InChI=1S/C29H26N2O5/c1-34-25-13-12-18(16-26(25)35-2)15-19-7-5-9-21-27(20-8-3-4-10-22(20)31-28(19)21)29(33)36-17-24(32)23-11-6-14-30-23/h3-4,6,8,10-16,30H,5,7,9,17H2,1-2H3. The van der Waals surface area contributed by atoms with Gasteiger partial charge in [-0.25, -0.2) is 9.78 Å². The number of ketones is 1.